The molecule has 0 N–H and O–H groups in total. The third-order valence-corrected chi connectivity index (χ3v) is 3.19. The minimum Gasteiger partial charge on any atom is -0.455 e. The molecule has 0 aliphatic carbocycles. The molecule has 0 spiro atoms. The molecule has 0 amide bonds. The molecule has 0 fully saturated rings. The first-order valence-electron chi connectivity index (χ1n) is 7.43. The Labute approximate surface area is 142 Å². The summed E-state index contributed by atoms with van der Waals surface area (Å²) in [7, 11) is 0. The molecule has 0 atom stereocenters. The maximum atomic E-state index is 12.5. The zero-order valence-electron chi connectivity index (χ0n) is 13.5. The Morgan fingerprint density at radius 1 is 1.09 bits per heavy atom. The Balaban J connectivity index is 2.33. The Morgan fingerprint density at radius 3 is 2.39 bits per heavy atom. The molecule has 0 aliphatic heterocycles. The topological polar surface area (TPSA) is 38.7 Å². The maximum absolute atomic E-state index is 12.5. The predicted molar refractivity (Wildman–Crippen MR) is 94.0 cm³/mol. The summed E-state index contributed by atoms with van der Waals surface area (Å²) >= 11 is 6.04. The van der Waals surface area contributed by atoms with Gasteiger partial charge in [-0.15, -0.1) is 0 Å². The van der Waals surface area contributed by atoms with Crippen LogP contribution in [-0.4, -0.2) is 17.3 Å². The van der Waals surface area contributed by atoms with Crippen LogP contribution in [0.1, 0.15) is 31.9 Å². The fraction of sp³-hybridized carbons (Fsp3) is 0.263. The standard InChI is InChI=1S/C19H20ClNO2/c1-19(2,3)23-18(22)17(15-10-7-11-16(20)12-15)21-13-14-8-5-4-6-9-14/h4-12H,13H2,1-3H3. The number of nitrogens with zero attached hydrogens (tertiary/aromatic N) is 1. The lowest BCUT2D eigenvalue weighted by Crippen LogP contribution is -2.29. The number of ether oxygens (including phenoxy) is 1. The van der Waals surface area contributed by atoms with E-state index < -0.39 is 11.6 Å². The number of carbonyl (C=O) groups is 1. The van der Waals surface area contributed by atoms with Crippen molar-refractivity contribution < 1.29 is 9.53 Å². The van der Waals surface area contributed by atoms with Crippen molar-refractivity contribution in [2.75, 3.05) is 0 Å². The number of aliphatic imine (C=N–C) groups is 1. The first-order chi connectivity index (χ1) is 10.8. The Kier molecular flexibility index (Phi) is 5.56. The molecular weight excluding hydrogens is 310 g/mol. The molecule has 4 heteroatoms. The molecule has 0 heterocycles. The van der Waals surface area contributed by atoms with Crippen molar-refractivity contribution in [1.82, 2.24) is 0 Å². The van der Waals surface area contributed by atoms with Crippen LogP contribution in [0, 0.1) is 0 Å². The highest BCUT2D eigenvalue weighted by molar-refractivity contribution is 6.44. The van der Waals surface area contributed by atoms with Crippen molar-refractivity contribution in [3.63, 3.8) is 0 Å². The van der Waals surface area contributed by atoms with Crippen LogP contribution in [0.2, 0.25) is 5.02 Å². The maximum Gasteiger partial charge on any atom is 0.357 e. The van der Waals surface area contributed by atoms with Crippen molar-refractivity contribution in [1.29, 1.82) is 0 Å². The average Bonchev–Trinajstić information content (AvgIpc) is 2.47. The van der Waals surface area contributed by atoms with Gasteiger partial charge in [-0.05, 0) is 38.5 Å². The van der Waals surface area contributed by atoms with Gasteiger partial charge in [0, 0.05) is 10.6 Å². The van der Waals surface area contributed by atoms with Gasteiger partial charge in [0.05, 0.1) is 6.54 Å². The summed E-state index contributed by atoms with van der Waals surface area (Å²) in [4.78, 5) is 17.0. The van der Waals surface area contributed by atoms with Crippen LogP contribution >= 0.6 is 11.6 Å². The van der Waals surface area contributed by atoms with Gasteiger partial charge >= 0.3 is 5.97 Å². The number of rotatable bonds is 4. The van der Waals surface area contributed by atoms with E-state index in [2.05, 4.69) is 4.99 Å². The molecule has 23 heavy (non-hydrogen) atoms. The molecule has 2 aromatic carbocycles. The van der Waals surface area contributed by atoms with Gasteiger partial charge in [-0.3, -0.25) is 4.99 Å². The van der Waals surface area contributed by atoms with Crippen molar-refractivity contribution >= 4 is 23.3 Å². The highest BCUT2D eigenvalue weighted by Gasteiger charge is 2.22. The van der Waals surface area contributed by atoms with E-state index in [-0.39, 0.29) is 5.71 Å². The summed E-state index contributed by atoms with van der Waals surface area (Å²) in [6, 6.07) is 16.8. The highest BCUT2D eigenvalue weighted by atomic mass is 35.5. The lowest BCUT2D eigenvalue weighted by atomic mass is 10.1. The summed E-state index contributed by atoms with van der Waals surface area (Å²) in [5.41, 5.74) is 1.38. The predicted octanol–water partition coefficient (Wildman–Crippen LogP) is 4.67. The molecule has 0 aliphatic rings. The molecule has 0 aromatic heterocycles. The smallest absolute Gasteiger partial charge is 0.357 e. The molecular formula is C19H20ClNO2. The molecule has 0 radical (unpaired) electrons. The van der Waals surface area contributed by atoms with Gasteiger partial charge in [-0.25, -0.2) is 4.79 Å². The SMILES string of the molecule is CC(C)(C)OC(=O)C(=NCc1ccccc1)c1cccc(Cl)c1. The van der Waals surface area contributed by atoms with Gasteiger partial charge < -0.3 is 4.74 Å². The fourth-order valence-electron chi connectivity index (χ4n) is 1.99. The van der Waals surface area contributed by atoms with Crippen molar-refractivity contribution in [3.05, 3.63) is 70.7 Å². The number of carbonyl (C=O) groups excluding carboxylic acids is 1. The lowest BCUT2D eigenvalue weighted by Gasteiger charge is -2.20. The van der Waals surface area contributed by atoms with E-state index in [0.29, 0.717) is 17.1 Å². The largest absolute Gasteiger partial charge is 0.455 e. The van der Waals surface area contributed by atoms with Gasteiger partial charge in [0.2, 0.25) is 0 Å². The summed E-state index contributed by atoms with van der Waals surface area (Å²) < 4.78 is 5.47. The van der Waals surface area contributed by atoms with E-state index >= 15 is 0 Å². The van der Waals surface area contributed by atoms with Gasteiger partial charge in [-0.1, -0.05) is 54.1 Å². The van der Waals surface area contributed by atoms with Crippen LogP contribution in [0.4, 0.5) is 0 Å². The lowest BCUT2D eigenvalue weighted by molar-refractivity contribution is -0.146. The summed E-state index contributed by atoms with van der Waals surface area (Å²) in [6.45, 7) is 5.90. The van der Waals surface area contributed by atoms with E-state index in [1.54, 1.807) is 24.3 Å². The highest BCUT2D eigenvalue weighted by Crippen LogP contribution is 2.16. The molecule has 0 bridgehead atoms. The third-order valence-electron chi connectivity index (χ3n) is 2.95. The number of benzene rings is 2. The van der Waals surface area contributed by atoms with Gasteiger partial charge in [0.25, 0.3) is 0 Å². The minimum absolute atomic E-state index is 0.284. The van der Waals surface area contributed by atoms with E-state index in [1.165, 1.54) is 0 Å². The zero-order chi connectivity index (χ0) is 16.9. The van der Waals surface area contributed by atoms with Gasteiger partial charge in [0.1, 0.15) is 5.60 Å². The molecule has 0 saturated heterocycles. The zero-order valence-corrected chi connectivity index (χ0v) is 14.3. The van der Waals surface area contributed by atoms with Crippen molar-refractivity contribution in [3.8, 4) is 0 Å². The molecule has 3 nitrogen and oxygen atoms in total. The van der Waals surface area contributed by atoms with Crippen LogP contribution in [-0.2, 0) is 16.1 Å². The van der Waals surface area contributed by atoms with Gasteiger partial charge in [0.15, 0.2) is 5.71 Å². The number of hydrogen-bond donors (Lipinski definition) is 0. The first kappa shape index (κ1) is 17.2. The number of hydrogen-bond acceptors (Lipinski definition) is 3. The summed E-state index contributed by atoms with van der Waals surface area (Å²) in [6.07, 6.45) is 0. The van der Waals surface area contributed by atoms with E-state index in [0.717, 1.165) is 5.56 Å². The van der Waals surface area contributed by atoms with Crippen LogP contribution < -0.4 is 0 Å². The Bertz CT molecular complexity index is 703. The first-order valence-corrected chi connectivity index (χ1v) is 7.80. The average molecular weight is 330 g/mol. The van der Waals surface area contributed by atoms with Crippen LogP contribution in [0.3, 0.4) is 0 Å². The second-order valence-corrected chi connectivity index (χ2v) is 6.60. The summed E-state index contributed by atoms with van der Waals surface area (Å²) in [5, 5.41) is 0.554. The number of halogens is 1. The summed E-state index contributed by atoms with van der Waals surface area (Å²) in [5.74, 6) is -0.448. The van der Waals surface area contributed by atoms with Gasteiger partial charge in [-0.2, -0.15) is 0 Å². The van der Waals surface area contributed by atoms with E-state index in [4.69, 9.17) is 16.3 Å². The van der Waals surface area contributed by atoms with Crippen LogP contribution in [0.25, 0.3) is 0 Å². The van der Waals surface area contributed by atoms with E-state index in [9.17, 15) is 4.79 Å². The Morgan fingerprint density at radius 2 is 1.78 bits per heavy atom. The second kappa shape index (κ2) is 7.42. The minimum atomic E-state index is -0.580. The molecule has 2 rings (SSSR count). The molecule has 120 valence electrons. The fourth-order valence-corrected chi connectivity index (χ4v) is 2.18. The second-order valence-electron chi connectivity index (χ2n) is 6.16. The molecule has 2 aromatic rings. The monoisotopic (exact) mass is 329 g/mol. The quantitative estimate of drug-likeness (QED) is 0.604. The van der Waals surface area contributed by atoms with Crippen molar-refractivity contribution in [2.45, 2.75) is 32.9 Å². The Hall–Kier alpha value is -2.13. The van der Waals surface area contributed by atoms with Crippen LogP contribution in [0.5, 0.6) is 0 Å². The third kappa shape index (κ3) is 5.53. The van der Waals surface area contributed by atoms with Crippen molar-refractivity contribution in [2.24, 2.45) is 4.99 Å². The molecule has 0 saturated carbocycles. The van der Waals surface area contributed by atoms with Crippen LogP contribution in [0.15, 0.2) is 59.6 Å². The van der Waals surface area contributed by atoms with E-state index in [1.807, 2.05) is 51.1 Å². The normalized spacial score (nSPS) is 12.1. The number of esters is 1. The molecule has 0 unspecified atom stereocenters.